The lowest BCUT2D eigenvalue weighted by molar-refractivity contribution is -0.133. The number of hydrogen-bond acceptors (Lipinski definition) is 3. The number of anilines is 1. The number of carbonyl (C=O) groups excluding carboxylic acids is 3. The molecule has 2 N–H and O–H groups in total. The van der Waals surface area contributed by atoms with Crippen LogP contribution < -0.4 is 10.6 Å². The Labute approximate surface area is 152 Å². The number of para-hydroxylation sites is 1. The Kier molecular flexibility index (Phi) is 4.50. The second kappa shape index (κ2) is 6.63. The van der Waals surface area contributed by atoms with Crippen molar-refractivity contribution < 1.29 is 14.4 Å². The van der Waals surface area contributed by atoms with E-state index in [1.807, 2.05) is 56.3 Å². The summed E-state index contributed by atoms with van der Waals surface area (Å²) in [6.45, 7) is 5.14. The zero-order chi connectivity index (χ0) is 18.9. The minimum absolute atomic E-state index is 0.333. The van der Waals surface area contributed by atoms with Crippen molar-refractivity contribution in [2.24, 2.45) is 0 Å². The smallest absolute Gasteiger partial charge is 0.324 e. The first-order chi connectivity index (χ1) is 12.3. The third-order valence-electron chi connectivity index (χ3n) is 4.62. The van der Waals surface area contributed by atoms with Gasteiger partial charge in [-0.25, -0.2) is 4.79 Å². The molecular formula is C20H21N3O3. The van der Waals surface area contributed by atoms with E-state index in [1.54, 1.807) is 13.0 Å². The first kappa shape index (κ1) is 17.7. The molecule has 6 heteroatoms. The number of hydrogen-bond donors (Lipinski definition) is 2. The molecule has 0 spiro atoms. The third kappa shape index (κ3) is 3.18. The number of benzene rings is 2. The molecule has 1 aliphatic rings. The van der Waals surface area contributed by atoms with Gasteiger partial charge in [-0.3, -0.25) is 14.5 Å². The molecule has 0 aromatic heterocycles. The molecule has 1 atom stereocenters. The van der Waals surface area contributed by atoms with Gasteiger partial charge in [0, 0.05) is 5.69 Å². The average Bonchev–Trinajstić information content (AvgIpc) is 2.82. The molecule has 2 aromatic carbocycles. The van der Waals surface area contributed by atoms with E-state index in [1.165, 1.54) is 0 Å². The number of nitrogens with zero attached hydrogens (tertiary/aromatic N) is 1. The van der Waals surface area contributed by atoms with Crippen LogP contribution in [0.4, 0.5) is 10.5 Å². The summed E-state index contributed by atoms with van der Waals surface area (Å²) in [5.41, 5.74) is 2.13. The molecule has 4 amide bonds. The van der Waals surface area contributed by atoms with Crippen LogP contribution in [0.15, 0.2) is 48.5 Å². The van der Waals surface area contributed by atoms with Gasteiger partial charge >= 0.3 is 6.03 Å². The van der Waals surface area contributed by atoms with E-state index in [0.29, 0.717) is 11.3 Å². The van der Waals surface area contributed by atoms with Crippen LogP contribution in [0.5, 0.6) is 0 Å². The normalized spacial score (nSPS) is 19.4. The van der Waals surface area contributed by atoms with Crippen molar-refractivity contribution >= 4 is 23.5 Å². The zero-order valence-corrected chi connectivity index (χ0v) is 15.0. The first-order valence-electron chi connectivity index (χ1n) is 8.38. The van der Waals surface area contributed by atoms with Crippen LogP contribution in [0.25, 0.3) is 0 Å². The van der Waals surface area contributed by atoms with Crippen LogP contribution >= 0.6 is 0 Å². The minimum Gasteiger partial charge on any atom is -0.324 e. The molecule has 0 aliphatic carbocycles. The summed E-state index contributed by atoms with van der Waals surface area (Å²) < 4.78 is 0. The maximum Gasteiger partial charge on any atom is 0.325 e. The van der Waals surface area contributed by atoms with Crippen LogP contribution in [-0.2, 0) is 15.1 Å². The Bertz CT molecular complexity index is 876. The Morgan fingerprint density at radius 1 is 1.08 bits per heavy atom. The number of rotatable bonds is 4. The number of aryl methyl sites for hydroxylation is 2. The molecule has 134 valence electrons. The highest BCUT2D eigenvalue weighted by Gasteiger charge is 2.49. The number of amides is 4. The molecule has 26 heavy (non-hydrogen) atoms. The maximum atomic E-state index is 12.8. The highest BCUT2D eigenvalue weighted by atomic mass is 16.2. The van der Waals surface area contributed by atoms with Gasteiger partial charge in [-0.15, -0.1) is 0 Å². The number of nitrogens with one attached hydrogen (secondary N) is 2. The van der Waals surface area contributed by atoms with Crippen molar-refractivity contribution in [1.29, 1.82) is 0 Å². The summed E-state index contributed by atoms with van der Waals surface area (Å²) in [7, 11) is 0. The standard InChI is InChI=1S/C20H21N3O3/c1-13-8-10-15(11-9-13)20(3)18(25)23(19(26)22-20)12-17(24)21-16-7-5-4-6-14(16)2/h4-11H,12H2,1-3H3,(H,21,24)(H,22,26)/t20-/m0/s1. The van der Waals surface area contributed by atoms with Gasteiger partial charge in [-0.05, 0) is 38.0 Å². The first-order valence-corrected chi connectivity index (χ1v) is 8.38. The number of carbonyl (C=O) groups is 3. The third-order valence-corrected chi connectivity index (χ3v) is 4.62. The van der Waals surface area contributed by atoms with Crippen LogP contribution in [-0.4, -0.2) is 29.3 Å². The molecule has 2 aromatic rings. The Hall–Kier alpha value is -3.15. The fraction of sp³-hybridized carbons (Fsp3) is 0.250. The summed E-state index contributed by atoms with van der Waals surface area (Å²) in [5.74, 6) is -0.859. The largest absolute Gasteiger partial charge is 0.325 e. The van der Waals surface area contributed by atoms with Gasteiger partial charge in [0.1, 0.15) is 12.1 Å². The van der Waals surface area contributed by atoms with Gasteiger partial charge in [-0.1, -0.05) is 48.0 Å². The van der Waals surface area contributed by atoms with Gasteiger partial charge in [0.25, 0.3) is 5.91 Å². The minimum atomic E-state index is -1.17. The van der Waals surface area contributed by atoms with Crippen molar-refractivity contribution in [3.63, 3.8) is 0 Å². The summed E-state index contributed by atoms with van der Waals surface area (Å²) in [6.07, 6.45) is 0. The molecule has 6 nitrogen and oxygen atoms in total. The van der Waals surface area contributed by atoms with E-state index < -0.39 is 23.4 Å². The maximum absolute atomic E-state index is 12.8. The number of urea groups is 1. The zero-order valence-electron chi connectivity index (χ0n) is 15.0. The van der Waals surface area contributed by atoms with Crippen molar-refractivity contribution in [3.05, 3.63) is 65.2 Å². The summed E-state index contributed by atoms with van der Waals surface area (Å²) in [5, 5.41) is 5.44. The fourth-order valence-electron chi connectivity index (χ4n) is 2.97. The molecule has 0 saturated carbocycles. The molecule has 0 radical (unpaired) electrons. The Balaban J connectivity index is 1.76. The van der Waals surface area contributed by atoms with E-state index >= 15 is 0 Å². The summed E-state index contributed by atoms with van der Waals surface area (Å²) >= 11 is 0. The quantitative estimate of drug-likeness (QED) is 0.832. The second-order valence-corrected chi connectivity index (χ2v) is 6.68. The molecule has 1 fully saturated rings. The van der Waals surface area contributed by atoms with Crippen molar-refractivity contribution in [2.75, 3.05) is 11.9 Å². The lowest BCUT2D eigenvalue weighted by atomic mass is 9.91. The molecular weight excluding hydrogens is 330 g/mol. The molecule has 1 aliphatic heterocycles. The second-order valence-electron chi connectivity index (χ2n) is 6.68. The predicted molar refractivity (Wildman–Crippen MR) is 98.6 cm³/mol. The van der Waals surface area contributed by atoms with Gasteiger partial charge in [0.15, 0.2) is 0 Å². The van der Waals surface area contributed by atoms with E-state index in [2.05, 4.69) is 10.6 Å². The van der Waals surface area contributed by atoms with Crippen LogP contribution in [0.3, 0.4) is 0 Å². The molecule has 3 rings (SSSR count). The predicted octanol–water partition coefficient (Wildman–Crippen LogP) is 2.71. The van der Waals surface area contributed by atoms with E-state index in [9.17, 15) is 14.4 Å². The highest BCUT2D eigenvalue weighted by molar-refractivity contribution is 6.10. The van der Waals surface area contributed by atoms with Crippen LogP contribution in [0.1, 0.15) is 23.6 Å². The molecule has 0 unspecified atom stereocenters. The molecule has 0 bridgehead atoms. The monoisotopic (exact) mass is 351 g/mol. The van der Waals surface area contributed by atoms with Crippen molar-refractivity contribution in [3.8, 4) is 0 Å². The van der Waals surface area contributed by atoms with E-state index in [0.717, 1.165) is 16.0 Å². The fourth-order valence-corrected chi connectivity index (χ4v) is 2.97. The van der Waals surface area contributed by atoms with Gasteiger partial charge in [0.2, 0.25) is 5.91 Å². The SMILES string of the molecule is Cc1ccc([C@]2(C)NC(=O)N(CC(=O)Nc3ccccc3C)C2=O)cc1. The highest BCUT2D eigenvalue weighted by Crippen LogP contribution is 2.29. The number of imide groups is 1. The van der Waals surface area contributed by atoms with Crippen LogP contribution in [0.2, 0.25) is 0 Å². The summed E-state index contributed by atoms with van der Waals surface area (Å²) in [6, 6.07) is 14.1. The lowest BCUT2D eigenvalue weighted by Crippen LogP contribution is -2.42. The lowest BCUT2D eigenvalue weighted by Gasteiger charge is -2.22. The Morgan fingerprint density at radius 3 is 2.38 bits per heavy atom. The van der Waals surface area contributed by atoms with E-state index in [4.69, 9.17) is 0 Å². The summed E-state index contributed by atoms with van der Waals surface area (Å²) in [4.78, 5) is 38.4. The van der Waals surface area contributed by atoms with Gasteiger partial charge in [-0.2, -0.15) is 0 Å². The topological polar surface area (TPSA) is 78.5 Å². The van der Waals surface area contributed by atoms with E-state index in [-0.39, 0.29) is 6.54 Å². The van der Waals surface area contributed by atoms with Crippen molar-refractivity contribution in [2.45, 2.75) is 26.3 Å². The molecule has 1 saturated heterocycles. The van der Waals surface area contributed by atoms with Crippen molar-refractivity contribution in [1.82, 2.24) is 10.2 Å². The van der Waals surface area contributed by atoms with Gasteiger partial charge < -0.3 is 10.6 Å². The van der Waals surface area contributed by atoms with Gasteiger partial charge in [0.05, 0.1) is 0 Å². The van der Waals surface area contributed by atoms with Crippen LogP contribution in [0, 0.1) is 13.8 Å². The molecule has 1 heterocycles. The Morgan fingerprint density at radius 2 is 1.73 bits per heavy atom. The average molecular weight is 351 g/mol.